The zero-order valence-corrected chi connectivity index (χ0v) is 9.79. The molecule has 3 heteroatoms. The van der Waals surface area contributed by atoms with E-state index in [9.17, 15) is 4.79 Å². The van der Waals surface area contributed by atoms with Crippen molar-refractivity contribution in [2.24, 2.45) is 0 Å². The fraction of sp³-hybridized carbons (Fsp3) is 0.750. The molecule has 0 amide bonds. The van der Waals surface area contributed by atoms with Crippen molar-refractivity contribution in [2.75, 3.05) is 7.11 Å². The van der Waals surface area contributed by atoms with Crippen molar-refractivity contribution in [1.82, 2.24) is 0 Å². The van der Waals surface area contributed by atoms with Crippen LogP contribution < -0.4 is 0 Å². The first-order chi connectivity index (χ1) is 7.26. The topological polar surface area (TPSA) is 46.5 Å². The van der Waals surface area contributed by atoms with Crippen molar-refractivity contribution in [1.29, 1.82) is 0 Å². The van der Waals surface area contributed by atoms with Crippen LogP contribution in [0.2, 0.25) is 0 Å². The van der Waals surface area contributed by atoms with Gasteiger partial charge in [-0.2, -0.15) is 0 Å². The molecule has 0 aromatic rings. The lowest BCUT2D eigenvalue weighted by Gasteiger charge is -2.03. The Kier molecular flexibility index (Phi) is 8.93. The molecule has 3 nitrogen and oxygen atoms in total. The van der Waals surface area contributed by atoms with Crippen LogP contribution in [0, 0.1) is 0 Å². The largest absolute Gasteiger partial charge is 0.515 e. The number of aliphatic hydroxyl groups is 1. The predicted octanol–water partition coefficient (Wildman–Crippen LogP) is 3.35. The summed E-state index contributed by atoms with van der Waals surface area (Å²) in [6.07, 6.45) is 8.48. The quantitative estimate of drug-likeness (QED) is 0.292. The first kappa shape index (κ1) is 14.0. The fourth-order valence-corrected chi connectivity index (χ4v) is 1.45. The molecule has 0 aromatic carbocycles. The van der Waals surface area contributed by atoms with E-state index in [1.54, 1.807) is 0 Å². The molecular formula is C12H22O3. The normalized spacial score (nSPS) is 11.5. The number of rotatable bonds is 8. The van der Waals surface area contributed by atoms with E-state index in [-0.39, 0.29) is 0 Å². The van der Waals surface area contributed by atoms with Gasteiger partial charge in [-0.05, 0) is 12.8 Å². The molecule has 0 atom stereocenters. The average Bonchev–Trinajstić information content (AvgIpc) is 2.27. The fourth-order valence-electron chi connectivity index (χ4n) is 1.45. The van der Waals surface area contributed by atoms with E-state index in [1.807, 2.05) is 0 Å². The lowest BCUT2D eigenvalue weighted by atomic mass is 10.1. The summed E-state index contributed by atoms with van der Waals surface area (Å²) in [4.78, 5) is 11.1. The molecular weight excluding hydrogens is 192 g/mol. The molecule has 0 unspecified atom stereocenters. The van der Waals surface area contributed by atoms with Gasteiger partial charge in [-0.15, -0.1) is 0 Å². The number of hydrogen-bond acceptors (Lipinski definition) is 3. The summed E-state index contributed by atoms with van der Waals surface area (Å²) in [5, 5.41) is 8.81. The first-order valence-electron chi connectivity index (χ1n) is 5.67. The monoisotopic (exact) mass is 214 g/mol. The van der Waals surface area contributed by atoms with Gasteiger partial charge < -0.3 is 9.84 Å². The Morgan fingerprint density at radius 1 is 1.20 bits per heavy atom. The highest BCUT2D eigenvalue weighted by molar-refractivity contribution is 5.87. The van der Waals surface area contributed by atoms with Crippen LogP contribution in [0.25, 0.3) is 0 Å². The summed E-state index contributed by atoms with van der Waals surface area (Å²) < 4.78 is 4.53. The molecule has 0 spiro atoms. The van der Waals surface area contributed by atoms with E-state index in [1.165, 1.54) is 32.8 Å². The molecule has 15 heavy (non-hydrogen) atoms. The molecule has 0 saturated heterocycles. The molecule has 0 fully saturated rings. The molecule has 0 bridgehead atoms. The van der Waals surface area contributed by atoms with Crippen molar-refractivity contribution in [3.63, 3.8) is 0 Å². The van der Waals surface area contributed by atoms with Gasteiger partial charge in [-0.25, -0.2) is 4.79 Å². The highest BCUT2D eigenvalue weighted by Crippen LogP contribution is 2.12. The van der Waals surface area contributed by atoms with Crippen molar-refractivity contribution in [3.8, 4) is 0 Å². The van der Waals surface area contributed by atoms with Gasteiger partial charge in [0.15, 0.2) is 0 Å². The zero-order chi connectivity index (χ0) is 11.5. The Hall–Kier alpha value is -0.990. The maximum atomic E-state index is 11.1. The number of methoxy groups -OCH3 is 1. The predicted molar refractivity (Wildman–Crippen MR) is 60.7 cm³/mol. The smallest absolute Gasteiger partial charge is 0.336 e. The molecule has 0 radical (unpaired) electrons. The van der Waals surface area contributed by atoms with Gasteiger partial charge in [-0.3, -0.25) is 0 Å². The molecule has 88 valence electrons. The van der Waals surface area contributed by atoms with Crippen molar-refractivity contribution < 1.29 is 14.6 Å². The van der Waals surface area contributed by atoms with Crippen LogP contribution in [0.15, 0.2) is 11.8 Å². The molecule has 0 aromatic heterocycles. The number of carbonyl (C=O) groups is 1. The van der Waals surface area contributed by atoms with Crippen LogP contribution >= 0.6 is 0 Å². The van der Waals surface area contributed by atoms with Gasteiger partial charge in [0.2, 0.25) is 0 Å². The molecule has 0 aliphatic heterocycles. The Morgan fingerprint density at radius 3 is 2.33 bits per heavy atom. The number of ether oxygens (including phenoxy) is 1. The SMILES string of the molecule is CCCCCCCCC(=CO)C(=O)OC. The van der Waals surface area contributed by atoms with E-state index in [0.29, 0.717) is 12.0 Å². The van der Waals surface area contributed by atoms with Crippen molar-refractivity contribution in [2.45, 2.75) is 51.9 Å². The Morgan fingerprint density at radius 2 is 1.80 bits per heavy atom. The minimum absolute atomic E-state index is 0.369. The maximum absolute atomic E-state index is 11.1. The molecule has 1 N–H and O–H groups in total. The van der Waals surface area contributed by atoms with Crippen LogP contribution in [0.4, 0.5) is 0 Å². The summed E-state index contributed by atoms with van der Waals surface area (Å²) >= 11 is 0. The third-order valence-corrected chi connectivity index (χ3v) is 2.40. The van der Waals surface area contributed by atoms with E-state index >= 15 is 0 Å². The van der Waals surface area contributed by atoms with Crippen LogP contribution in [0.3, 0.4) is 0 Å². The van der Waals surface area contributed by atoms with Gasteiger partial charge in [0.1, 0.15) is 0 Å². The highest BCUT2D eigenvalue weighted by Gasteiger charge is 2.08. The second-order valence-corrected chi connectivity index (χ2v) is 3.66. The number of aliphatic hydroxyl groups excluding tert-OH is 1. The van der Waals surface area contributed by atoms with Crippen LogP contribution in [0.1, 0.15) is 51.9 Å². The molecule has 0 saturated carbocycles. The van der Waals surface area contributed by atoms with Crippen LogP contribution in [-0.4, -0.2) is 18.2 Å². The summed E-state index contributed by atoms with van der Waals surface area (Å²) in [6, 6.07) is 0. The summed E-state index contributed by atoms with van der Waals surface area (Å²) in [5.74, 6) is -0.425. The number of esters is 1. The lowest BCUT2D eigenvalue weighted by molar-refractivity contribution is -0.136. The number of hydrogen-bond donors (Lipinski definition) is 1. The highest BCUT2D eigenvalue weighted by atomic mass is 16.5. The second-order valence-electron chi connectivity index (χ2n) is 3.66. The Labute approximate surface area is 92.1 Å². The minimum atomic E-state index is -0.425. The van der Waals surface area contributed by atoms with E-state index in [2.05, 4.69) is 11.7 Å². The average molecular weight is 214 g/mol. The third kappa shape index (κ3) is 7.00. The van der Waals surface area contributed by atoms with E-state index in [0.717, 1.165) is 19.1 Å². The Balaban J connectivity index is 3.52. The molecule has 0 heterocycles. The summed E-state index contributed by atoms with van der Waals surface area (Å²) in [7, 11) is 1.33. The standard InChI is InChI=1S/C12H22O3/c1-3-4-5-6-7-8-9-11(10-13)12(14)15-2/h10,13H,3-9H2,1-2H3. The summed E-state index contributed by atoms with van der Waals surface area (Å²) in [5.41, 5.74) is 0.369. The van der Waals surface area contributed by atoms with Gasteiger partial charge in [0.25, 0.3) is 0 Å². The van der Waals surface area contributed by atoms with Gasteiger partial charge in [0, 0.05) is 0 Å². The number of carbonyl (C=O) groups excluding carboxylic acids is 1. The van der Waals surface area contributed by atoms with E-state index in [4.69, 9.17) is 5.11 Å². The molecule has 0 rings (SSSR count). The van der Waals surface area contributed by atoms with Crippen molar-refractivity contribution >= 4 is 5.97 Å². The second kappa shape index (κ2) is 9.56. The Bertz CT molecular complexity index is 197. The van der Waals surface area contributed by atoms with E-state index < -0.39 is 5.97 Å². The maximum Gasteiger partial charge on any atom is 0.336 e. The summed E-state index contributed by atoms with van der Waals surface area (Å²) in [6.45, 7) is 2.18. The van der Waals surface area contributed by atoms with Crippen LogP contribution in [-0.2, 0) is 9.53 Å². The molecule has 0 aliphatic rings. The van der Waals surface area contributed by atoms with Gasteiger partial charge in [0.05, 0.1) is 18.9 Å². The minimum Gasteiger partial charge on any atom is -0.515 e. The third-order valence-electron chi connectivity index (χ3n) is 2.40. The lowest BCUT2D eigenvalue weighted by Crippen LogP contribution is -2.04. The van der Waals surface area contributed by atoms with Gasteiger partial charge in [-0.1, -0.05) is 39.0 Å². The zero-order valence-electron chi connectivity index (χ0n) is 9.79. The van der Waals surface area contributed by atoms with Crippen LogP contribution in [0.5, 0.6) is 0 Å². The first-order valence-corrected chi connectivity index (χ1v) is 5.67. The van der Waals surface area contributed by atoms with Gasteiger partial charge >= 0.3 is 5.97 Å². The van der Waals surface area contributed by atoms with Crippen molar-refractivity contribution in [3.05, 3.63) is 11.8 Å². The molecule has 0 aliphatic carbocycles. The number of unbranched alkanes of at least 4 members (excludes halogenated alkanes) is 5.